The van der Waals surface area contributed by atoms with E-state index in [-0.39, 0.29) is 6.61 Å². The molecule has 0 unspecified atom stereocenters. The minimum Gasteiger partial charge on any atom is -0.492 e. The molecule has 7 heteroatoms. The topological polar surface area (TPSA) is 103 Å². The summed E-state index contributed by atoms with van der Waals surface area (Å²) in [4.78, 5) is 8.62. The number of piperidine rings is 1. The van der Waals surface area contributed by atoms with Gasteiger partial charge in [-0.25, -0.2) is 9.97 Å². The van der Waals surface area contributed by atoms with Crippen LogP contribution in [0.1, 0.15) is 24.0 Å². The standard InChI is InChI=1S/C24H25N5O2/c25-13-21-11-19(2-3-22(21)31-16-17-5-8-26-9-6-17)20-7-10-27-24(12-20)29-23-4-1-18(15-30)14-28-23/h1-4,7,10-12,14,17,26,30H,5-6,8-9,15-16H2,(H,27,28,29). The molecule has 0 spiro atoms. The number of nitriles is 1. The van der Waals surface area contributed by atoms with Gasteiger partial charge in [0, 0.05) is 12.4 Å². The highest BCUT2D eigenvalue weighted by molar-refractivity contribution is 5.70. The maximum Gasteiger partial charge on any atom is 0.137 e. The Bertz CT molecular complexity index is 1060. The molecule has 4 rings (SSSR count). The second kappa shape index (κ2) is 10.0. The number of nitrogens with one attached hydrogen (secondary N) is 2. The Hall–Kier alpha value is -3.47. The summed E-state index contributed by atoms with van der Waals surface area (Å²) in [6, 6.07) is 15.4. The van der Waals surface area contributed by atoms with Gasteiger partial charge in [-0.15, -0.1) is 0 Å². The zero-order valence-electron chi connectivity index (χ0n) is 17.2. The Morgan fingerprint density at radius 2 is 1.90 bits per heavy atom. The Labute approximate surface area is 181 Å². The van der Waals surface area contributed by atoms with Gasteiger partial charge < -0.3 is 20.5 Å². The summed E-state index contributed by atoms with van der Waals surface area (Å²) < 4.78 is 5.98. The molecule has 158 valence electrons. The van der Waals surface area contributed by atoms with E-state index in [0.29, 0.717) is 35.5 Å². The number of anilines is 2. The number of hydrogen-bond acceptors (Lipinski definition) is 7. The lowest BCUT2D eigenvalue weighted by atomic mass is 9.99. The third-order valence-corrected chi connectivity index (χ3v) is 5.39. The average molecular weight is 415 g/mol. The summed E-state index contributed by atoms with van der Waals surface area (Å²) in [5, 5.41) is 25.3. The van der Waals surface area contributed by atoms with Crippen molar-refractivity contribution in [3.05, 3.63) is 66.0 Å². The van der Waals surface area contributed by atoms with Crippen molar-refractivity contribution in [2.24, 2.45) is 5.92 Å². The van der Waals surface area contributed by atoms with Crippen molar-refractivity contribution < 1.29 is 9.84 Å². The fourth-order valence-electron chi connectivity index (χ4n) is 3.58. The van der Waals surface area contributed by atoms with Crippen LogP contribution in [0, 0.1) is 17.2 Å². The number of aliphatic hydroxyl groups is 1. The van der Waals surface area contributed by atoms with E-state index < -0.39 is 0 Å². The van der Waals surface area contributed by atoms with Crippen LogP contribution in [0.4, 0.5) is 11.6 Å². The zero-order valence-corrected chi connectivity index (χ0v) is 17.2. The van der Waals surface area contributed by atoms with Crippen LogP contribution in [0.2, 0.25) is 0 Å². The molecule has 2 aromatic heterocycles. The van der Waals surface area contributed by atoms with Gasteiger partial charge in [-0.05, 0) is 78.9 Å². The van der Waals surface area contributed by atoms with Crippen molar-refractivity contribution in [2.45, 2.75) is 19.4 Å². The summed E-state index contributed by atoms with van der Waals surface area (Å²) in [6.07, 6.45) is 5.54. The largest absolute Gasteiger partial charge is 0.492 e. The number of ether oxygens (including phenoxy) is 1. The number of pyridine rings is 2. The van der Waals surface area contributed by atoms with Crippen molar-refractivity contribution in [3.8, 4) is 22.9 Å². The minimum absolute atomic E-state index is 0.0419. The van der Waals surface area contributed by atoms with Gasteiger partial charge in [-0.3, -0.25) is 0 Å². The monoisotopic (exact) mass is 415 g/mol. The molecule has 0 saturated carbocycles. The lowest BCUT2D eigenvalue weighted by Crippen LogP contribution is -2.30. The lowest BCUT2D eigenvalue weighted by Gasteiger charge is -2.23. The smallest absolute Gasteiger partial charge is 0.137 e. The number of aliphatic hydroxyl groups excluding tert-OH is 1. The van der Waals surface area contributed by atoms with Crippen LogP contribution in [0.3, 0.4) is 0 Å². The fraction of sp³-hybridized carbons (Fsp3) is 0.292. The van der Waals surface area contributed by atoms with E-state index in [9.17, 15) is 5.26 Å². The molecule has 1 aromatic carbocycles. The van der Waals surface area contributed by atoms with E-state index in [1.807, 2.05) is 30.3 Å². The molecule has 0 atom stereocenters. The molecule has 0 amide bonds. The quantitative estimate of drug-likeness (QED) is 0.541. The third kappa shape index (κ3) is 5.37. The van der Waals surface area contributed by atoms with Crippen molar-refractivity contribution in [1.29, 1.82) is 5.26 Å². The van der Waals surface area contributed by atoms with E-state index in [2.05, 4.69) is 26.7 Å². The Morgan fingerprint density at radius 1 is 1.06 bits per heavy atom. The molecule has 1 saturated heterocycles. The van der Waals surface area contributed by atoms with Gasteiger partial charge in [0.2, 0.25) is 0 Å². The van der Waals surface area contributed by atoms with Crippen molar-refractivity contribution in [2.75, 3.05) is 25.0 Å². The predicted octanol–water partition coefficient (Wildman–Crippen LogP) is 3.63. The van der Waals surface area contributed by atoms with Crippen molar-refractivity contribution in [3.63, 3.8) is 0 Å². The molecule has 0 aliphatic carbocycles. The van der Waals surface area contributed by atoms with Gasteiger partial charge in [0.25, 0.3) is 0 Å². The van der Waals surface area contributed by atoms with Gasteiger partial charge in [-0.2, -0.15) is 5.26 Å². The maximum atomic E-state index is 9.63. The third-order valence-electron chi connectivity index (χ3n) is 5.39. The average Bonchev–Trinajstić information content (AvgIpc) is 2.84. The number of hydrogen-bond donors (Lipinski definition) is 3. The number of aromatic nitrogens is 2. The van der Waals surface area contributed by atoms with Crippen LogP contribution >= 0.6 is 0 Å². The first kappa shape index (κ1) is 20.8. The minimum atomic E-state index is -0.0419. The van der Waals surface area contributed by atoms with Gasteiger partial charge in [0.1, 0.15) is 23.5 Å². The Morgan fingerprint density at radius 3 is 2.65 bits per heavy atom. The molecule has 0 bridgehead atoms. The SMILES string of the molecule is N#Cc1cc(-c2ccnc(Nc3ccc(CO)cn3)c2)ccc1OCC1CCNCC1. The van der Waals surface area contributed by atoms with Crippen LogP contribution < -0.4 is 15.4 Å². The van der Waals surface area contributed by atoms with Crippen LogP contribution in [-0.4, -0.2) is 34.8 Å². The molecule has 1 aliphatic heterocycles. The van der Waals surface area contributed by atoms with Crippen LogP contribution in [-0.2, 0) is 6.61 Å². The zero-order chi connectivity index (χ0) is 21.5. The highest BCUT2D eigenvalue weighted by atomic mass is 16.5. The van der Waals surface area contributed by atoms with Crippen LogP contribution in [0.5, 0.6) is 5.75 Å². The van der Waals surface area contributed by atoms with E-state index in [1.165, 1.54) is 0 Å². The van der Waals surface area contributed by atoms with Gasteiger partial charge in [0.15, 0.2) is 0 Å². The number of nitrogens with zero attached hydrogens (tertiary/aromatic N) is 3. The van der Waals surface area contributed by atoms with Crippen molar-refractivity contribution >= 4 is 11.6 Å². The summed E-state index contributed by atoms with van der Waals surface area (Å²) in [5.74, 6) is 2.44. The Balaban J connectivity index is 1.48. The van der Waals surface area contributed by atoms with Crippen molar-refractivity contribution in [1.82, 2.24) is 15.3 Å². The van der Waals surface area contributed by atoms with E-state index in [0.717, 1.165) is 42.6 Å². The van der Waals surface area contributed by atoms with E-state index >= 15 is 0 Å². The maximum absolute atomic E-state index is 9.63. The number of benzene rings is 1. The summed E-state index contributed by atoms with van der Waals surface area (Å²) in [7, 11) is 0. The normalized spacial score (nSPS) is 14.1. The molecule has 31 heavy (non-hydrogen) atoms. The summed E-state index contributed by atoms with van der Waals surface area (Å²) in [6.45, 7) is 2.65. The molecule has 0 radical (unpaired) electrons. The van der Waals surface area contributed by atoms with E-state index in [1.54, 1.807) is 24.5 Å². The highest BCUT2D eigenvalue weighted by Gasteiger charge is 2.15. The molecule has 1 aliphatic rings. The van der Waals surface area contributed by atoms with Gasteiger partial charge >= 0.3 is 0 Å². The highest BCUT2D eigenvalue weighted by Crippen LogP contribution is 2.28. The van der Waals surface area contributed by atoms with Gasteiger partial charge in [-0.1, -0.05) is 12.1 Å². The molecule has 7 nitrogen and oxygen atoms in total. The first-order valence-electron chi connectivity index (χ1n) is 10.4. The van der Waals surface area contributed by atoms with Gasteiger partial charge in [0.05, 0.1) is 18.8 Å². The molecular weight excluding hydrogens is 390 g/mol. The molecule has 3 heterocycles. The molecule has 1 fully saturated rings. The molecule has 3 aromatic rings. The fourth-order valence-corrected chi connectivity index (χ4v) is 3.58. The molecular formula is C24H25N5O2. The molecule has 3 N–H and O–H groups in total. The van der Waals surface area contributed by atoms with Crippen LogP contribution in [0.15, 0.2) is 54.9 Å². The number of rotatable bonds is 7. The predicted molar refractivity (Wildman–Crippen MR) is 119 cm³/mol. The van der Waals surface area contributed by atoms with Crippen LogP contribution in [0.25, 0.3) is 11.1 Å². The van der Waals surface area contributed by atoms with E-state index in [4.69, 9.17) is 9.84 Å². The Kier molecular flexibility index (Phi) is 6.72. The summed E-state index contributed by atoms with van der Waals surface area (Å²) in [5.41, 5.74) is 3.13. The summed E-state index contributed by atoms with van der Waals surface area (Å²) >= 11 is 0. The first-order chi connectivity index (χ1) is 15.2. The second-order valence-electron chi connectivity index (χ2n) is 7.59. The first-order valence-corrected chi connectivity index (χ1v) is 10.4. The second-order valence-corrected chi connectivity index (χ2v) is 7.59. The lowest BCUT2D eigenvalue weighted by molar-refractivity contribution is 0.215.